The van der Waals surface area contributed by atoms with Crippen LogP contribution in [-0.4, -0.2) is 25.8 Å². The van der Waals surface area contributed by atoms with Crippen LogP contribution in [0.3, 0.4) is 0 Å². The van der Waals surface area contributed by atoms with Crippen LogP contribution in [0, 0.1) is 5.92 Å². The van der Waals surface area contributed by atoms with Gasteiger partial charge in [-0.05, 0) is 39.2 Å². The third-order valence-electron chi connectivity index (χ3n) is 2.02. The third kappa shape index (κ3) is 4.38. The van der Waals surface area contributed by atoms with E-state index in [-0.39, 0.29) is 0 Å². The Labute approximate surface area is 69.3 Å². The molecular weight excluding hydrogens is 138 g/mol. The zero-order chi connectivity index (χ0) is 8.10. The van der Waals surface area contributed by atoms with Gasteiger partial charge in [0.25, 0.3) is 0 Å². The van der Waals surface area contributed by atoms with Crippen molar-refractivity contribution in [2.24, 2.45) is 5.92 Å². The minimum atomic E-state index is 0.524. The summed E-state index contributed by atoms with van der Waals surface area (Å²) >= 11 is 0. The molecule has 1 saturated carbocycles. The smallest absolute Gasteiger partial charge is 0.0616 e. The Kier molecular flexibility index (Phi) is 3.87. The highest BCUT2D eigenvalue weighted by molar-refractivity contribution is 4.76. The standard InChI is InChI=1S/C9H19NO/c1-3-11-7-8(2)10-6-9-4-5-9/h8-10H,3-7H2,1-2H3/t8-/m0/s1. The normalized spacial score (nSPS) is 20.2. The zero-order valence-corrected chi connectivity index (χ0v) is 7.60. The first-order valence-corrected chi connectivity index (χ1v) is 4.64. The molecule has 0 unspecified atom stereocenters. The molecule has 0 amide bonds. The van der Waals surface area contributed by atoms with Crippen molar-refractivity contribution in [3.63, 3.8) is 0 Å². The van der Waals surface area contributed by atoms with Crippen LogP contribution in [0.1, 0.15) is 26.7 Å². The van der Waals surface area contributed by atoms with Gasteiger partial charge >= 0.3 is 0 Å². The Hall–Kier alpha value is -0.0800. The molecular formula is C9H19NO. The van der Waals surface area contributed by atoms with Gasteiger partial charge in [0, 0.05) is 12.6 Å². The molecule has 2 heteroatoms. The van der Waals surface area contributed by atoms with Crippen LogP contribution in [0.15, 0.2) is 0 Å². The zero-order valence-electron chi connectivity index (χ0n) is 7.60. The molecule has 1 aliphatic rings. The maximum absolute atomic E-state index is 5.29. The lowest BCUT2D eigenvalue weighted by Crippen LogP contribution is -2.32. The van der Waals surface area contributed by atoms with Crippen molar-refractivity contribution in [2.45, 2.75) is 32.7 Å². The Balaban J connectivity index is 1.87. The fourth-order valence-corrected chi connectivity index (χ4v) is 1.04. The lowest BCUT2D eigenvalue weighted by atomic mass is 10.3. The molecule has 1 rings (SSSR count). The largest absolute Gasteiger partial charge is 0.380 e. The first-order valence-electron chi connectivity index (χ1n) is 4.64. The lowest BCUT2D eigenvalue weighted by Gasteiger charge is -2.12. The number of hydrogen-bond acceptors (Lipinski definition) is 2. The molecule has 0 radical (unpaired) electrons. The van der Waals surface area contributed by atoms with Crippen LogP contribution in [0.25, 0.3) is 0 Å². The van der Waals surface area contributed by atoms with Gasteiger partial charge in [0.05, 0.1) is 6.61 Å². The van der Waals surface area contributed by atoms with Crippen molar-refractivity contribution < 1.29 is 4.74 Å². The Bertz CT molecular complexity index is 102. The molecule has 0 aromatic heterocycles. The van der Waals surface area contributed by atoms with Crippen molar-refractivity contribution >= 4 is 0 Å². The summed E-state index contributed by atoms with van der Waals surface area (Å²) in [5.41, 5.74) is 0. The second-order valence-electron chi connectivity index (χ2n) is 3.41. The first kappa shape index (κ1) is 9.01. The fraction of sp³-hybridized carbons (Fsp3) is 1.00. The Morgan fingerprint density at radius 3 is 2.82 bits per heavy atom. The van der Waals surface area contributed by atoms with Crippen LogP contribution in [0.5, 0.6) is 0 Å². The van der Waals surface area contributed by atoms with Gasteiger partial charge in [-0.3, -0.25) is 0 Å². The molecule has 1 N–H and O–H groups in total. The summed E-state index contributed by atoms with van der Waals surface area (Å²) in [6.07, 6.45) is 2.85. The number of hydrogen-bond donors (Lipinski definition) is 1. The van der Waals surface area contributed by atoms with Gasteiger partial charge in [0.2, 0.25) is 0 Å². The van der Waals surface area contributed by atoms with E-state index < -0.39 is 0 Å². The fourth-order valence-electron chi connectivity index (χ4n) is 1.04. The maximum Gasteiger partial charge on any atom is 0.0616 e. The third-order valence-corrected chi connectivity index (χ3v) is 2.02. The van der Waals surface area contributed by atoms with Gasteiger partial charge in [-0.1, -0.05) is 0 Å². The molecule has 2 nitrogen and oxygen atoms in total. The highest BCUT2D eigenvalue weighted by Crippen LogP contribution is 2.27. The number of nitrogens with one attached hydrogen (secondary N) is 1. The predicted molar refractivity (Wildman–Crippen MR) is 46.7 cm³/mol. The highest BCUT2D eigenvalue weighted by Gasteiger charge is 2.20. The average molecular weight is 157 g/mol. The van der Waals surface area contributed by atoms with E-state index >= 15 is 0 Å². The molecule has 0 aromatic carbocycles. The molecule has 1 aliphatic carbocycles. The van der Waals surface area contributed by atoms with Crippen molar-refractivity contribution in [1.29, 1.82) is 0 Å². The summed E-state index contributed by atoms with van der Waals surface area (Å²) < 4.78 is 5.29. The summed E-state index contributed by atoms with van der Waals surface area (Å²) in [6, 6.07) is 0.524. The van der Waals surface area contributed by atoms with E-state index in [0.717, 1.165) is 19.1 Å². The van der Waals surface area contributed by atoms with Crippen LogP contribution in [0.4, 0.5) is 0 Å². The molecule has 1 fully saturated rings. The van der Waals surface area contributed by atoms with Gasteiger partial charge in [-0.15, -0.1) is 0 Å². The summed E-state index contributed by atoms with van der Waals surface area (Å²) in [5.74, 6) is 0.971. The van der Waals surface area contributed by atoms with E-state index in [0.29, 0.717) is 6.04 Å². The molecule has 1 atom stereocenters. The first-order chi connectivity index (χ1) is 5.33. The van der Waals surface area contributed by atoms with Crippen LogP contribution in [0.2, 0.25) is 0 Å². The molecule has 11 heavy (non-hydrogen) atoms. The quantitative estimate of drug-likeness (QED) is 0.629. The number of ether oxygens (including phenoxy) is 1. The summed E-state index contributed by atoms with van der Waals surface area (Å²) in [5, 5.41) is 3.45. The molecule has 0 saturated heterocycles. The molecule has 0 spiro atoms. The van der Waals surface area contributed by atoms with Crippen molar-refractivity contribution in [3.8, 4) is 0 Å². The van der Waals surface area contributed by atoms with Crippen LogP contribution < -0.4 is 5.32 Å². The van der Waals surface area contributed by atoms with Gasteiger partial charge in [-0.2, -0.15) is 0 Å². The molecule has 0 aliphatic heterocycles. The lowest BCUT2D eigenvalue weighted by molar-refractivity contribution is 0.127. The Morgan fingerprint density at radius 2 is 2.27 bits per heavy atom. The van der Waals surface area contributed by atoms with E-state index in [9.17, 15) is 0 Å². The highest BCUT2D eigenvalue weighted by atomic mass is 16.5. The minimum absolute atomic E-state index is 0.524. The van der Waals surface area contributed by atoms with E-state index in [1.165, 1.54) is 19.4 Å². The van der Waals surface area contributed by atoms with Gasteiger partial charge in [-0.25, -0.2) is 0 Å². The topological polar surface area (TPSA) is 21.3 Å². The summed E-state index contributed by atoms with van der Waals surface area (Å²) in [6.45, 7) is 7.08. The monoisotopic (exact) mass is 157 g/mol. The van der Waals surface area contributed by atoms with E-state index in [1.54, 1.807) is 0 Å². The average Bonchev–Trinajstić information content (AvgIpc) is 2.80. The molecule has 0 bridgehead atoms. The Morgan fingerprint density at radius 1 is 1.55 bits per heavy atom. The predicted octanol–water partition coefficient (Wildman–Crippen LogP) is 1.41. The van der Waals surface area contributed by atoms with Gasteiger partial charge in [0.15, 0.2) is 0 Å². The molecule has 66 valence electrons. The summed E-state index contributed by atoms with van der Waals surface area (Å²) in [4.78, 5) is 0. The SMILES string of the molecule is CCOC[C@H](C)NCC1CC1. The van der Waals surface area contributed by atoms with Crippen molar-refractivity contribution in [1.82, 2.24) is 5.32 Å². The summed E-state index contributed by atoms with van der Waals surface area (Å²) in [7, 11) is 0. The van der Waals surface area contributed by atoms with E-state index in [4.69, 9.17) is 4.74 Å². The van der Waals surface area contributed by atoms with Crippen molar-refractivity contribution in [3.05, 3.63) is 0 Å². The minimum Gasteiger partial charge on any atom is -0.380 e. The van der Waals surface area contributed by atoms with Crippen molar-refractivity contribution in [2.75, 3.05) is 19.8 Å². The molecule has 0 aromatic rings. The van der Waals surface area contributed by atoms with Gasteiger partial charge < -0.3 is 10.1 Å². The maximum atomic E-state index is 5.29. The van der Waals surface area contributed by atoms with Crippen LogP contribution in [-0.2, 0) is 4.74 Å². The van der Waals surface area contributed by atoms with E-state index in [1.807, 2.05) is 6.92 Å². The van der Waals surface area contributed by atoms with Gasteiger partial charge in [0.1, 0.15) is 0 Å². The van der Waals surface area contributed by atoms with Crippen LogP contribution >= 0.6 is 0 Å². The second-order valence-corrected chi connectivity index (χ2v) is 3.41. The van der Waals surface area contributed by atoms with E-state index in [2.05, 4.69) is 12.2 Å². The number of rotatable bonds is 6. The molecule has 0 heterocycles. The second kappa shape index (κ2) is 4.73.